The van der Waals surface area contributed by atoms with Gasteiger partial charge >= 0.3 is 0 Å². The number of carbonyl (C=O) groups excluding carboxylic acids is 1. The third-order valence-corrected chi connectivity index (χ3v) is 3.68. The van der Waals surface area contributed by atoms with Crippen LogP contribution in [-0.2, 0) is 11.2 Å². The van der Waals surface area contributed by atoms with E-state index in [1.165, 1.54) is 0 Å². The fourth-order valence-electron chi connectivity index (χ4n) is 2.50. The number of halogens is 1. The number of hydrogen-bond acceptors (Lipinski definition) is 3. The molecule has 5 heteroatoms. The average molecular weight is 268 g/mol. The number of hydrogen-bond donors (Lipinski definition) is 1. The number of fused-ring (bicyclic) bond motifs is 1. The number of aliphatic hydroxyl groups is 1. The highest BCUT2D eigenvalue weighted by Gasteiger charge is 2.35. The number of aliphatic hydroxyl groups excluding tert-OH is 1. The highest BCUT2D eigenvalue weighted by Crippen LogP contribution is 2.32. The van der Waals surface area contributed by atoms with Crippen LogP contribution in [-0.4, -0.2) is 41.2 Å². The second-order valence-corrected chi connectivity index (χ2v) is 5.23. The maximum absolute atomic E-state index is 12.2. The summed E-state index contributed by atoms with van der Waals surface area (Å²) in [5.41, 5.74) is 0.973. The topological polar surface area (TPSA) is 49.8 Å². The van der Waals surface area contributed by atoms with Gasteiger partial charge in [-0.1, -0.05) is 11.6 Å². The normalized spacial score (nSPS) is 26.0. The van der Waals surface area contributed by atoms with Crippen LogP contribution in [0.2, 0.25) is 5.02 Å². The summed E-state index contributed by atoms with van der Waals surface area (Å²) in [6, 6.07) is 5.39. The minimum absolute atomic E-state index is 0.0427. The minimum atomic E-state index is -0.469. The van der Waals surface area contributed by atoms with Crippen LogP contribution < -0.4 is 4.74 Å². The summed E-state index contributed by atoms with van der Waals surface area (Å²) < 4.78 is 5.64. The molecule has 2 aliphatic heterocycles. The van der Waals surface area contributed by atoms with Crippen LogP contribution in [0.1, 0.15) is 12.0 Å². The predicted octanol–water partition coefficient (Wildman–Crippen LogP) is 1.24. The monoisotopic (exact) mass is 267 g/mol. The van der Waals surface area contributed by atoms with Gasteiger partial charge in [-0.15, -0.1) is 0 Å². The number of carbonyl (C=O) groups is 1. The van der Waals surface area contributed by atoms with Gasteiger partial charge in [0.15, 0.2) is 6.10 Å². The van der Waals surface area contributed by atoms with Gasteiger partial charge in [0, 0.05) is 24.5 Å². The second kappa shape index (κ2) is 4.44. The van der Waals surface area contributed by atoms with Gasteiger partial charge < -0.3 is 14.7 Å². The fourth-order valence-corrected chi connectivity index (χ4v) is 2.70. The van der Waals surface area contributed by atoms with E-state index in [1.54, 1.807) is 17.0 Å². The average Bonchev–Trinajstić information content (AvgIpc) is 2.93. The molecule has 0 aliphatic carbocycles. The Morgan fingerprint density at radius 3 is 3.06 bits per heavy atom. The van der Waals surface area contributed by atoms with Gasteiger partial charge in [-0.05, 0) is 30.2 Å². The van der Waals surface area contributed by atoms with Crippen LogP contribution in [0.5, 0.6) is 5.75 Å². The largest absolute Gasteiger partial charge is 0.480 e. The smallest absolute Gasteiger partial charge is 0.264 e. The molecule has 4 nitrogen and oxygen atoms in total. The van der Waals surface area contributed by atoms with Crippen molar-refractivity contribution in [2.45, 2.75) is 25.0 Å². The second-order valence-electron chi connectivity index (χ2n) is 4.79. The molecule has 2 atom stereocenters. The van der Waals surface area contributed by atoms with Gasteiger partial charge in [-0.2, -0.15) is 0 Å². The molecule has 0 saturated carbocycles. The lowest BCUT2D eigenvalue weighted by molar-refractivity contribution is -0.137. The van der Waals surface area contributed by atoms with Gasteiger partial charge in [0.25, 0.3) is 5.91 Å². The molecule has 0 spiro atoms. The number of β-amino-alcohol motifs (C(OH)–C–C–N with tert-alkyl or cyclic N) is 1. The predicted molar refractivity (Wildman–Crippen MR) is 66.8 cm³/mol. The van der Waals surface area contributed by atoms with Gasteiger partial charge in [-0.25, -0.2) is 0 Å². The maximum atomic E-state index is 12.2. The maximum Gasteiger partial charge on any atom is 0.264 e. The summed E-state index contributed by atoms with van der Waals surface area (Å²) in [6.07, 6.45) is 0.342. The molecular weight excluding hydrogens is 254 g/mol. The van der Waals surface area contributed by atoms with Gasteiger partial charge in [-0.3, -0.25) is 4.79 Å². The summed E-state index contributed by atoms with van der Waals surface area (Å²) in [5.74, 6) is 0.691. The van der Waals surface area contributed by atoms with Crippen molar-refractivity contribution in [1.29, 1.82) is 0 Å². The molecule has 0 radical (unpaired) electrons. The molecule has 1 unspecified atom stereocenters. The van der Waals surface area contributed by atoms with Crippen molar-refractivity contribution in [2.24, 2.45) is 0 Å². The van der Waals surface area contributed by atoms with Crippen molar-refractivity contribution in [3.8, 4) is 5.75 Å². The molecule has 1 aromatic carbocycles. The first-order valence-electron chi connectivity index (χ1n) is 6.05. The summed E-state index contributed by atoms with van der Waals surface area (Å²) in [7, 11) is 0. The lowest BCUT2D eigenvalue weighted by Crippen LogP contribution is -2.40. The first kappa shape index (κ1) is 11.8. The number of likely N-dealkylation sites (tertiary alicyclic amines) is 1. The molecule has 1 N–H and O–H groups in total. The van der Waals surface area contributed by atoms with E-state index in [-0.39, 0.29) is 5.91 Å². The standard InChI is InChI=1S/C13H14ClNO3/c14-9-1-2-11-8(5-9)6-12(18-11)13(17)15-4-3-10(16)7-15/h1-2,5,10,12,16H,3-4,6-7H2/t10-,12?/m0/s1. The summed E-state index contributed by atoms with van der Waals surface area (Å²) >= 11 is 5.91. The van der Waals surface area contributed by atoms with E-state index >= 15 is 0 Å². The highest BCUT2D eigenvalue weighted by molar-refractivity contribution is 6.30. The zero-order valence-electron chi connectivity index (χ0n) is 9.80. The SMILES string of the molecule is O=C(C1Cc2cc(Cl)ccc2O1)N1CC[C@H](O)C1. The Bertz CT molecular complexity index is 491. The highest BCUT2D eigenvalue weighted by atomic mass is 35.5. The van der Waals surface area contributed by atoms with Crippen LogP contribution in [0.3, 0.4) is 0 Å². The minimum Gasteiger partial charge on any atom is -0.480 e. The first-order chi connectivity index (χ1) is 8.63. The van der Waals surface area contributed by atoms with Crippen LogP contribution in [0.4, 0.5) is 0 Å². The first-order valence-corrected chi connectivity index (χ1v) is 6.43. The molecule has 96 valence electrons. The zero-order chi connectivity index (χ0) is 12.7. The summed E-state index contributed by atoms with van der Waals surface area (Å²) in [4.78, 5) is 13.9. The Balaban J connectivity index is 1.72. The van der Waals surface area contributed by atoms with E-state index in [2.05, 4.69) is 0 Å². The number of amides is 1. The number of nitrogens with zero attached hydrogens (tertiary/aromatic N) is 1. The van der Waals surface area contributed by atoms with E-state index < -0.39 is 12.2 Å². The molecule has 0 aromatic heterocycles. The number of rotatable bonds is 1. The third kappa shape index (κ3) is 2.06. The van der Waals surface area contributed by atoms with Gasteiger partial charge in [0.05, 0.1) is 6.10 Å². The van der Waals surface area contributed by atoms with Crippen molar-refractivity contribution in [2.75, 3.05) is 13.1 Å². The Kier molecular flexibility index (Phi) is 2.92. The Morgan fingerprint density at radius 2 is 2.33 bits per heavy atom. The molecule has 18 heavy (non-hydrogen) atoms. The number of benzene rings is 1. The van der Waals surface area contributed by atoms with Crippen molar-refractivity contribution in [3.05, 3.63) is 28.8 Å². The van der Waals surface area contributed by atoms with E-state index in [9.17, 15) is 9.90 Å². The van der Waals surface area contributed by atoms with E-state index in [4.69, 9.17) is 16.3 Å². The molecule has 2 heterocycles. The van der Waals surface area contributed by atoms with Crippen molar-refractivity contribution >= 4 is 17.5 Å². The van der Waals surface area contributed by atoms with Crippen LogP contribution in [0, 0.1) is 0 Å². The molecular formula is C13H14ClNO3. The third-order valence-electron chi connectivity index (χ3n) is 3.45. The van der Waals surface area contributed by atoms with E-state index in [0.717, 1.165) is 11.3 Å². The van der Waals surface area contributed by atoms with Gasteiger partial charge in [0.1, 0.15) is 5.75 Å². The quantitative estimate of drug-likeness (QED) is 0.833. The molecule has 2 aliphatic rings. The lowest BCUT2D eigenvalue weighted by Gasteiger charge is -2.19. The Morgan fingerprint density at radius 1 is 1.50 bits per heavy atom. The van der Waals surface area contributed by atoms with Crippen LogP contribution in [0.15, 0.2) is 18.2 Å². The van der Waals surface area contributed by atoms with Crippen LogP contribution >= 0.6 is 11.6 Å². The van der Waals surface area contributed by atoms with E-state index in [1.807, 2.05) is 6.07 Å². The van der Waals surface area contributed by atoms with E-state index in [0.29, 0.717) is 31.0 Å². The lowest BCUT2D eigenvalue weighted by atomic mass is 10.1. The molecule has 3 rings (SSSR count). The molecule has 1 amide bonds. The van der Waals surface area contributed by atoms with Crippen molar-refractivity contribution in [1.82, 2.24) is 4.90 Å². The summed E-state index contributed by atoms with van der Waals surface area (Å²) in [5, 5.41) is 10.1. The fraction of sp³-hybridized carbons (Fsp3) is 0.462. The summed E-state index contributed by atoms with van der Waals surface area (Å²) in [6.45, 7) is 1.02. The Hall–Kier alpha value is -1.26. The van der Waals surface area contributed by atoms with Gasteiger partial charge in [0.2, 0.25) is 0 Å². The molecule has 1 fully saturated rings. The molecule has 0 bridgehead atoms. The van der Waals surface area contributed by atoms with Crippen LogP contribution in [0.25, 0.3) is 0 Å². The molecule has 1 saturated heterocycles. The molecule has 1 aromatic rings. The van der Waals surface area contributed by atoms with Crippen molar-refractivity contribution < 1.29 is 14.6 Å². The zero-order valence-corrected chi connectivity index (χ0v) is 10.6. The van der Waals surface area contributed by atoms with Crippen molar-refractivity contribution in [3.63, 3.8) is 0 Å². The Labute approximate surface area is 110 Å². The number of ether oxygens (including phenoxy) is 1.